The first-order chi connectivity index (χ1) is 15.2. The lowest BCUT2D eigenvalue weighted by atomic mass is 9.98. The highest BCUT2D eigenvalue weighted by molar-refractivity contribution is 5.85. The highest BCUT2D eigenvalue weighted by Gasteiger charge is 2.08. The second-order valence-corrected chi connectivity index (χ2v) is 7.95. The summed E-state index contributed by atoms with van der Waals surface area (Å²) in [7, 11) is 0. The molecule has 0 aromatic heterocycles. The highest BCUT2D eigenvalue weighted by atomic mass is 19.1. The van der Waals surface area contributed by atoms with Gasteiger partial charge in [-0.3, -0.25) is 0 Å². The molecule has 31 heavy (non-hydrogen) atoms. The zero-order valence-corrected chi connectivity index (χ0v) is 18.2. The zero-order chi connectivity index (χ0) is 21.6. The van der Waals surface area contributed by atoms with Crippen molar-refractivity contribution >= 4 is 10.8 Å². The number of hydrogen-bond acceptors (Lipinski definition) is 0. The van der Waals surface area contributed by atoms with E-state index in [2.05, 4.69) is 74.2 Å². The van der Waals surface area contributed by atoms with Crippen LogP contribution in [0.15, 0.2) is 78.9 Å². The van der Waals surface area contributed by atoms with Crippen LogP contribution in [0.4, 0.5) is 4.39 Å². The van der Waals surface area contributed by atoms with Gasteiger partial charge in [0.15, 0.2) is 0 Å². The Kier molecular flexibility index (Phi) is 6.48. The van der Waals surface area contributed by atoms with Crippen molar-refractivity contribution in [2.24, 2.45) is 0 Å². The molecule has 0 N–H and O–H groups in total. The summed E-state index contributed by atoms with van der Waals surface area (Å²) < 4.78 is 15.1. The largest absolute Gasteiger partial charge is 0.206 e. The van der Waals surface area contributed by atoms with Crippen molar-refractivity contribution in [3.8, 4) is 11.8 Å². The normalized spacial score (nSPS) is 10.7. The van der Waals surface area contributed by atoms with Crippen LogP contribution in [0.25, 0.3) is 10.8 Å². The van der Waals surface area contributed by atoms with E-state index < -0.39 is 0 Å². The zero-order valence-electron chi connectivity index (χ0n) is 18.2. The van der Waals surface area contributed by atoms with Gasteiger partial charge in [0.1, 0.15) is 5.82 Å². The molecule has 0 amide bonds. The molecule has 0 aliphatic carbocycles. The Labute approximate surface area is 184 Å². The molecule has 4 rings (SSSR count). The van der Waals surface area contributed by atoms with E-state index in [0.29, 0.717) is 11.8 Å². The number of halogens is 1. The van der Waals surface area contributed by atoms with Gasteiger partial charge in [-0.2, -0.15) is 0 Å². The van der Waals surface area contributed by atoms with Crippen LogP contribution in [0.5, 0.6) is 0 Å². The van der Waals surface area contributed by atoms with Gasteiger partial charge in [0.05, 0.1) is 0 Å². The average Bonchev–Trinajstić information content (AvgIpc) is 2.83. The maximum absolute atomic E-state index is 15.1. The Hall–Kier alpha value is -3.37. The van der Waals surface area contributed by atoms with E-state index in [1.165, 1.54) is 16.7 Å². The lowest BCUT2D eigenvalue weighted by Crippen LogP contribution is -1.96. The molecule has 0 unspecified atom stereocenters. The third kappa shape index (κ3) is 5.04. The quantitative estimate of drug-likeness (QED) is 0.305. The Morgan fingerprint density at radius 1 is 0.613 bits per heavy atom. The fourth-order valence-electron chi connectivity index (χ4n) is 3.80. The molecule has 0 atom stereocenters. The minimum Gasteiger partial charge on any atom is -0.206 e. The van der Waals surface area contributed by atoms with Crippen molar-refractivity contribution in [3.63, 3.8) is 0 Å². The molecule has 0 saturated carbocycles. The summed E-state index contributed by atoms with van der Waals surface area (Å²) in [6.45, 7) is 4.30. The van der Waals surface area contributed by atoms with Gasteiger partial charge in [0.25, 0.3) is 0 Å². The Morgan fingerprint density at radius 3 is 1.87 bits per heavy atom. The number of hydrogen-bond donors (Lipinski definition) is 0. The van der Waals surface area contributed by atoms with Gasteiger partial charge in [0, 0.05) is 16.5 Å². The third-order valence-electron chi connectivity index (χ3n) is 5.86. The van der Waals surface area contributed by atoms with E-state index in [4.69, 9.17) is 0 Å². The predicted molar refractivity (Wildman–Crippen MR) is 129 cm³/mol. The van der Waals surface area contributed by atoms with Crippen LogP contribution in [-0.4, -0.2) is 0 Å². The molecule has 4 aromatic carbocycles. The molecule has 154 valence electrons. The van der Waals surface area contributed by atoms with Gasteiger partial charge in [-0.15, -0.1) is 0 Å². The first-order valence-electron chi connectivity index (χ1n) is 11.1. The van der Waals surface area contributed by atoms with Gasteiger partial charge < -0.3 is 0 Å². The minimum atomic E-state index is -0.114. The van der Waals surface area contributed by atoms with Crippen LogP contribution in [0.1, 0.15) is 47.2 Å². The van der Waals surface area contributed by atoms with Crippen molar-refractivity contribution in [2.45, 2.75) is 39.5 Å². The van der Waals surface area contributed by atoms with Crippen molar-refractivity contribution < 1.29 is 4.39 Å². The van der Waals surface area contributed by atoms with Crippen molar-refractivity contribution in [3.05, 3.63) is 118 Å². The molecule has 0 heterocycles. The van der Waals surface area contributed by atoms with Gasteiger partial charge in [-0.25, -0.2) is 4.39 Å². The third-order valence-corrected chi connectivity index (χ3v) is 5.86. The Balaban J connectivity index is 1.51. The maximum Gasteiger partial charge on any atom is 0.134 e. The molecule has 0 nitrogen and oxygen atoms in total. The number of benzene rings is 4. The molecule has 0 aliphatic rings. The lowest BCUT2D eigenvalue weighted by Gasteiger charge is -2.08. The number of rotatable bonds is 5. The first kappa shape index (κ1) is 20.9. The van der Waals surface area contributed by atoms with Crippen LogP contribution >= 0.6 is 0 Å². The standard InChI is InChI=1S/C30H27F/c1-3-22-5-9-24(10-6-22)13-14-26-16-20-29-28(21-26)19-18-27(30(29)31)17-15-25-11-7-23(4-2)8-12-25/h5-12,16,18-21H,3-4,15,17H2,1-2H3. The monoisotopic (exact) mass is 406 g/mol. The van der Waals surface area contributed by atoms with E-state index in [1.807, 2.05) is 30.3 Å². The van der Waals surface area contributed by atoms with Crippen LogP contribution in [-0.2, 0) is 25.7 Å². The van der Waals surface area contributed by atoms with E-state index in [0.717, 1.165) is 41.3 Å². The van der Waals surface area contributed by atoms with Gasteiger partial charge in [-0.05, 0) is 77.6 Å². The minimum absolute atomic E-state index is 0.114. The van der Waals surface area contributed by atoms with Crippen LogP contribution < -0.4 is 0 Å². The summed E-state index contributed by atoms with van der Waals surface area (Å²) >= 11 is 0. The summed E-state index contributed by atoms with van der Waals surface area (Å²) in [6.07, 6.45) is 3.60. The van der Waals surface area contributed by atoms with E-state index in [-0.39, 0.29) is 5.82 Å². The molecule has 0 saturated heterocycles. The summed E-state index contributed by atoms with van der Waals surface area (Å²) in [5.41, 5.74) is 6.54. The molecule has 0 aliphatic heterocycles. The smallest absolute Gasteiger partial charge is 0.134 e. The SMILES string of the molecule is CCc1ccc(C#Cc2ccc3c(F)c(CCc4ccc(CC)cc4)ccc3c2)cc1. The summed E-state index contributed by atoms with van der Waals surface area (Å²) in [5, 5.41) is 1.55. The molecule has 1 heteroatoms. The molecule has 0 spiro atoms. The predicted octanol–water partition coefficient (Wildman–Crippen LogP) is 7.29. The van der Waals surface area contributed by atoms with Gasteiger partial charge in [0.2, 0.25) is 0 Å². The molecule has 0 fully saturated rings. The fourth-order valence-corrected chi connectivity index (χ4v) is 3.80. The number of aryl methyl sites for hydroxylation is 4. The average molecular weight is 407 g/mol. The van der Waals surface area contributed by atoms with E-state index in [1.54, 1.807) is 0 Å². The van der Waals surface area contributed by atoms with E-state index in [9.17, 15) is 0 Å². The van der Waals surface area contributed by atoms with Gasteiger partial charge in [-0.1, -0.05) is 80.3 Å². The Morgan fingerprint density at radius 2 is 1.19 bits per heavy atom. The summed E-state index contributed by atoms with van der Waals surface area (Å²) in [5.74, 6) is 6.30. The number of fused-ring (bicyclic) bond motifs is 1. The van der Waals surface area contributed by atoms with Crippen molar-refractivity contribution in [1.82, 2.24) is 0 Å². The fraction of sp³-hybridized carbons (Fsp3) is 0.200. The Bertz CT molecular complexity index is 1240. The molecule has 0 radical (unpaired) electrons. The highest BCUT2D eigenvalue weighted by Crippen LogP contribution is 2.23. The van der Waals surface area contributed by atoms with Crippen molar-refractivity contribution in [2.75, 3.05) is 0 Å². The van der Waals surface area contributed by atoms with Crippen LogP contribution in [0.2, 0.25) is 0 Å². The second kappa shape index (κ2) is 9.63. The van der Waals surface area contributed by atoms with Crippen molar-refractivity contribution in [1.29, 1.82) is 0 Å². The van der Waals surface area contributed by atoms with Crippen LogP contribution in [0.3, 0.4) is 0 Å². The summed E-state index contributed by atoms with van der Waals surface area (Å²) in [4.78, 5) is 0. The van der Waals surface area contributed by atoms with Crippen LogP contribution in [0, 0.1) is 17.7 Å². The lowest BCUT2D eigenvalue weighted by molar-refractivity contribution is 0.620. The first-order valence-corrected chi connectivity index (χ1v) is 11.1. The topological polar surface area (TPSA) is 0 Å². The molecular weight excluding hydrogens is 379 g/mol. The van der Waals surface area contributed by atoms with Gasteiger partial charge >= 0.3 is 0 Å². The molecule has 0 bridgehead atoms. The molecular formula is C30H27F. The second-order valence-electron chi connectivity index (χ2n) is 7.95. The maximum atomic E-state index is 15.1. The molecule has 4 aromatic rings. The summed E-state index contributed by atoms with van der Waals surface area (Å²) in [6, 6.07) is 26.6. The van der Waals surface area contributed by atoms with E-state index >= 15 is 4.39 Å².